The number of aromatic nitrogens is 1. The highest BCUT2D eigenvalue weighted by molar-refractivity contribution is 5.27. The summed E-state index contributed by atoms with van der Waals surface area (Å²) in [6.07, 6.45) is 5.85. The topological polar surface area (TPSA) is 34.1 Å². The van der Waals surface area contributed by atoms with Crippen molar-refractivity contribution in [1.82, 2.24) is 10.3 Å². The molecular formula is C18H24N2O. The monoisotopic (exact) mass is 284 g/mol. The molecule has 3 nitrogen and oxygen atoms in total. The van der Waals surface area contributed by atoms with Crippen LogP contribution in [-0.4, -0.2) is 17.6 Å². The Morgan fingerprint density at radius 3 is 2.62 bits per heavy atom. The fraction of sp³-hybridized carbons (Fsp3) is 0.389. The standard InChI is InChI=1S/C18H24N2O/c1-3-20-15(2)6-7-16-8-10-18(11-9-16)21-14-17-5-4-12-19-13-17/h4-5,8-13,15,20H,3,6-7,14H2,1-2H3. The van der Waals surface area contributed by atoms with Gasteiger partial charge in [0.25, 0.3) is 0 Å². The Morgan fingerprint density at radius 2 is 1.95 bits per heavy atom. The molecule has 0 bridgehead atoms. The first kappa shape index (κ1) is 15.5. The lowest BCUT2D eigenvalue weighted by atomic mass is 10.1. The molecule has 0 saturated carbocycles. The summed E-state index contributed by atoms with van der Waals surface area (Å²) in [5.41, 5.74) is 2.44. The van der Waals surface area contributed by atoms with Gasteiger partial charge in [-0.1, -0.05) is 25.1 Å². The van der Waals surface area contributed by atoms with E-state index in [0.717, 1.165) is 30.7 Å². The van der Waals surface area contributed by atoms with Crippen LogP contribution >= 0.6 is 0 Å². The Hall–Kier alpha value is -1.87. The van der Waals surface area contributed by atoms with E-state index in [4.69, 9.17) is 4.74 Å². The molecule has 0 aliphatic rings. The van der Waals surface area contributed by atoms with Crippen molar-refractivity contribution in [3.63, 3.8) is 0 Å². The maximum absolute atomic E-state index is 5.76. The van der Waals surface area contributed by atoms with E-state index >= 15 is 0 Å². The highest BCUT2D eigenvalue weighted by Crippen LogP contribution is 2.15. The third-order valence-corrected chi connectivity index (χ3v) is 3.47. The van der Waals surface area contributed by atoms with Crippen molar-refractivity contribution in [2.24, 2.45) is 0 Å². The molecule has 112 valence electrons. The highest BCUT2D eigenvalue weighted by atomic mass is 16.5. The van der Waals surface area contributed by atoms with Crippen molar-refractivity contribution >= 4 is 0 Å². The highest BCUT2D eigenvalue weighted by Gasteiger charge is 2.01. The van der Waals surface area contributed by atoms with Gasteiger partial charge < -0.3 is 10.1 Å². The van der Waals surface area contributed by atoms with Crippen LogP contribution in [0.2, 0.25) is 0 Å². The van der Waals surface area contributed by atoms with E-state index < -0.39 is 0 Å². The van der Waals surface area contributed by atoms with E-state index in [1.165, 1.54) is 5.56 Å². The number of benzene rings is 1. The van der Waals surface area contributed by atoms with Crippen LogP contribution in [0.3, 0.4) is 0 Å². The minimum absolute atomic E-state index is 0.560. The summed E-state index contributed by atoms with van der Waals surface area (Å²) in [6, 6.07) is 12.9. The molecule has 1 N–H and O–H groups in total. The predicted molar refractivity (Wildman–Crippen MR) is 86.5 cm³/mol. The molecule has 21 heavy (non-hydrogen) atoms. The maximum atomic E-state index is 5.76. The number of nitrogens with one attached hydrogen (secondary N) is 1. The second-order valence-electron chi connectivity index (χ2n) is 5.29. The number of ether oxygens (including phenoxy) is 1. The average molecular weight is 284 g/mol. The van der Waals surface area contributed by atoms with E-state index in [-0.39, 0.29) is 0 Å². The first-order valence-corrected chi connectivity index (χ1v) is 7.62. The Bertz CT molecular complexity index is 511. The van der Waals surface area contributed by atoms with Crippen LogP contribution in [0.1, 0.15) is 31.4 Å². The summed E-state index contributed by atoms with van der Waals surface area (Å²) < 4.78 is 5.76. The zero-order valence-electron chi connectivity index (χ0n) is 12.9. The summed E-state index contributed by atoms with van der Waals surface area (Å²) in [5.74, 6) is 0.905. The molecule has 2 rings (SSSR count). The first-order valence-electron chi connectivity index (χ1n) is 7.62. The van der Waals surface area contributed by atoms with E-state index in [0.29, 0.717) is 12.6 Å². The molecule has 2 aromatic rings. The third-order valence-electron chi connectivity index (χ3n) is 3.47. The minimum Gasteiger partial charge on any atom is -0.489 e. The lowest BCUT2D eigenvalue weighted by Gasteiger charge is -2.12. The van der Waals surface area contributed by atoms with E-state index in [9.17, 15) is 0 Å². The fourth-order valence-corrected chi connectivity index (χ4v) is 2.24. The van der Waals surface area contributed by atoms with Crippen LogP contribution in [0.15, 0.2) is 48.8 Å². The second-order valence-corrected chi connectivity index (χ2v) is 5.29. The van der Waals surface area contributed by atoms with Gasteiger partial charge in [-0.15, -0.1) is 0 Å². The SMILES string of the molecule is CCNC(C)CCc1ccc(OCc2cccnc2)cc1. The van der Waals surface area contributed by atoms with Gasteiger partial charge in [-0.25, -0.2) is 0 Å². The first-order chi connectivity index (χ1) is 10.3. The number of rotatable bonds is 8. The van der Waals surface area contributed by atoms with Crippen LogP contribution in [0.5, 0.6) is 5.75 Å². The fourth-order valence-electron chi connectivity index (χ4n) is 2.24. The number of nitrogens with zero attached hydrogens (tertiary/aromatic N) is 1. The van der Waals surface area contributed by atoms with Crippen molar-refractivity contribution < 1.29 is 4.74 Å². The number of aryl methyl sites for hydroxylation is 1. The Kier molecular flexibility index (Phi) is 6.22. The molecule has 0 aliphatic heterocycles. The molecule has 0 aliphatic carbocycles. The van der Waals surface area contributed by atoms with Gasteiger partial charge in [0, 0.05) is 24.0 Å². The summed E-state index contributed by atoms with van der Waals surface area (Å²) in [6.45, 7) is 5.96. The lowest BCUT2D eigenvalue weighted by molar-refractivity contribution is 0.305. The van der Waals surface area contributed by atoms with E-state index in [1.807, 2.05) is 30.5 Å². The Labute approximate surface area is 127 Å². The molecule has 1 aromatic heterocycles. The maximum Gasteiger partial charge on any atom is 0.119 e. The van der Waals surface area contributed by atoms with Gasteiger partial charge in [0.05, 0.1) is 0 Å². The zero-order chi connectivity index (χ0) is 14.9. The largest absolute Gasteiger partial charge is 0.489 e. The van der Waals surface area contributed by atoms with Crippen molar-refractivity contribution in [2.75, 3.05) is 6.54 Å². The Balaban J connectivity index is 1.79. The van der Waals surface area contributed by atoms with Gasteiger partial charge in [-0.2, -0.15) is 0 Å². The predicted octanol–water partition coefficient (Wildman–Crippen LogP) is 3.59. The van der Waals surface area contributed by atoms with Crippen molar-refractivity contribution in [3.8, 4) is 5.75 Å². The normalized spacial score (nSPS) is 12.1. The quantitative estimate of drug-likeness (QED) is 0.804. The van der Waals surface area contributed by atoms with Gasteiger partial charge in [-0.05, 0) is 50.1 Å². The van der Waals surface area contributed by atoms with Gasteiger partial charge >= 0.3 is 0 Å². The molecule has 3 heteroatoms. The average Bonchev–Trinajstić information content (AvgIpc) is 2.53. The van der Waals surface area contributed by atoms with Crippen LogP contribution in [0.25, 0.3) is 0 Å². The number of hydrogen-bond acceptors (Lipinski definition) is 3. The number of pyridine rings is 1. The van der Waals surface area contributed by atoms with E-state index in [1.54, 1.807) is 6.20 Å². The van der Waals surface area contributed by atoms with Crippen LogP contribution in [0.4, 0.5) is 0 Å². The van der Waals surface area contributed by atoms with Gasteiger partial charge in [0.1, 0.15) is 12.4 Å². The van der Waals surface area contributed by atoms with Gasteiger partial charge in [0.15, 0.2) is 0 Å². The summed E-state index contributed by atoms with van der Waals surface area (Å²) in [7, 11) is 0. The molecule has 0 fully saturated rings. The molecule has 0 radical (unpaired) electrons. The van der Waals surface area contributed by atoms with Crippen LogP contribution in [-0.2, 0) is 13.0 Å². The molecule has 0 spiro atoms. The molecule has 1 atom stereocenters. The van der Waals surface area contributed by atoms with Crippen molar-refractivity contribution in [2.45, 2.75) is 39.3 Å². The summed E-state index contributed by atoms with van der Waals surface area (Å²) in [5, 5.41) is 3.43. The number of hydrogen-bond donors (Lipinski definition) is 1. The van der Waals surface area contributed by atoms with Gasteiger partial charge in [-0.3, -0.25) is 4.98 Å². The van der Waals surface area contributed by atoms with E-state index in [2.05, 4.69) is 36.3 Å². The smallest absolute Gasteiger partial charge is 0.119 e. The van der Waals surface area contributed by atoms with Crippen LogP contribution < -0.4 is 10.1 Å². The molecule has 0 saturated heterocycles. The lowest BCUT2D eigenvalue weighted by Crippen LogP contribution is -2.25. The van der Waals surface area contributed by atoms with Gasteiger partial charge in [0.2, 0.25) is 0 Å². The summed E-state index contributed by atoms with van der Waals surface area (Å²) in [4.78, 5) is 4.08. The van der Waals surface area contributed by atoms with Crippen molar-refractivity contribution in [3.05, 3.63) is 59.9 Å². The molecular weight excluding hydrogens is 260 g/mol. The van der Waals surface area contributed by atoms with Crippen molar-refractivity contribution in [1.29, 1.82) is 0 Å². The Morgan fingerprint density at radius 1 is 1.14 bits per heavy atom. The zero-order valence-corrected chi connectivity index (χ0v) is 12.9. The summed E-state index contributed by atoms with van der Waals surface area (Å²) >= 11 is 0. The molecule has 1 unspecified atom stereocenters. The third kappa shape index (κ3) is 5.56. The molecule has 1 aromatic carbocycles. The minimum atomic E-state index is 0.560. The second kappa shape index (κ2) is 8.42. The van der Waals surface area contributed by atoms with Crippen LogP contribution in [0, 0.1) is 0 Å². The molecule has 0 amide bonds. The molecule has 1 heterocycles.